The second-order valence-electron chi connectivity index (χ2n) is 3.84. The summed E-state index contributed by atoms with van der Waals surface area (Å²) in [7, 11) is 1.51. The molecule has 20 heavy (non-hydrogen) atoms. The van der Waals surface area contributed by atoms with Crippen molar-refractivity contribution in [2.75, 3.05) is 13.7 Å². The molecule has 0 aliphatic heterocycles. The van der Waals surface area contributed by atoms with Gasteiger partial charge < -0.3 is 15.2 Å². The van der Waals surface area contributed by atoms with Gasteiger partial charge in [0.05, 0.1) is 11.5 Å². The van der Waals surface area contributed by atoms with Gasteiger partial charge in [0, 0.05) is 19.5 Å². The van der Waals surface area contributed by atoms with E-state index in [1.165, 1.54) is 19.2 Å². The molecule has 0 saturated carbocycles. The normalized spacial score (nSPS) is 9.85. The third-order valence-corrected chi connectivity index (χ3v) is 2.50. The van der Waals surface area contributed by atoms with Gasteiger partial charge in [0.2, 0.25) is 5.91 Å². The monoisotopic (exact) mass is 282 g/mol. The van der Waals surface area contributed by atoms with E-state index in [1.807, 2.05) is 0 Å². The Morgan fingerprint density at radius 3 is 2.70 bits per heavy atom. The molecule has 108 valence electrons. The van der Waals surface area contributed by atoms with Gasteiger partial charge >= 0.3 is 5.97 Å². The van der Waals surface area contributed by atoms with Gasteiger partial charge in [-0.2, -0.15) is 0 Å². The minimum Gasteiger partial charge on any atom is -0.492 e. The number of carboxylic acid groups (broad SMARTS) is 1. The second kappa shape index (κ2) is 7.07. The number of hydrogen-bond acceptors (Lipinski definition) is 5. The first kappa shape index (κ1) is 15.4. The van der Waals surface area contributed by atoms with Crippen LogP contribution in [0.3, 0.4) is 0 Å². The number of carbonyl (C=O) groups is 2. The zero-order valence-electron chi connectivity index (χ0n) is 10.8. The van der Waals surface area contributed by atoms with Crippen molar-refractivity contribution in [3.63, 3.8) is 0 Å². The fourth-order valence-corrected chi connectivity index (χ4v) is 1.55. The zero-order valence-corrected chi connectivity index (χ0v) is 10.8. The molecule has 1 amide bonds. The molecule has 8 nitrogen and oxygen atoms in total. The highest BCUT2D eigenvalue weighted by Crippen LogP contribution is 2.28. The van der Waals surface area contributed by atoms with Crippen LogP contribution in [0, 0.1) is 10.1 Å². The van der Waals surface area contributed by atoms with Gasteiger partial charge in [-0.1, -0.05) is 6.07 Å². The number of nitrogens with one attached hydrogen (secondary N) is 1. The Balaban J connectivity index is 2.79. The van der Waals surface area contributed by atoms with Gasteiger partial charge in [-0.3, -0.25) is 14.9 Å². The molecule has 0 spiro atoms. The Bertz CT molecular complexity index is 529. The van der Waals surface area contributed by atoms with Crippen LogP contribution in [-0.2, 0) is 4.79 Å². The summed E-state index contributed by atoms with van der Waals surface area (Å²) in [4.78, 5) is 32.1. The molecular formula is C12H14N2O6. The van der Waals surface area contributed by atoms with Gasteiger partial charge in [-0.05, 0) is 12.5 Å². The highest BCUT2D eigenvalue weighted by atomic mass is 16.6. The predicted octanol–water partition coefficient (Wildman–Crippen LogP) is 1.20. The van der Waals surface area contributed by atoms with E-state index in [1.54, 1.807) is 0 Å². The lowest BCUT2D eigenvalue weighted by atomic mass is 10.1. The van der Waals surface area contributed by atoms with E-state index >= 15 is 0 Å². The fourth-order valence-electron chi connectivity index (χ4n) is 1.55. The van der Waals surface area contributed by atoms with E-state index in [0.717, 1.165) is 6.07 Å². The first-order valence-corrected chi connectivity index (χ1v) is 5.81. The van der Waals surface area contributed by atoms with Crippen LogP contribution in [0.5, 0.6) is 5.75 Å². The standard InChI is InChI=1S/C12H14N2O6/c1-13-10(15)6-3-7-20-9-5-2-4-8(14(18)19)11(9)12(16)17/h2,4-5H,3,6-7H2,1H3,(H,13,15)(H,16,17). The van der Waals surface area contributed by atoms with E-state index in [9.17, 15) is 19.7 Å². The Kier molecular flexibility index (Phi) is 5.45. The smallest absolute Gasteiger partial charge is 0.346 e. The van der Waals surface area contributed by atoms with Crippen molar-refractivity contribution < 1.29 is 24.4 Å². The predicted molar refractivity (Wildman–Crippen MR) is 68.9 cm³/mol. The molecule has 1 aromatic rings. The fraction of sp³-hybridized carbons (Fsp3) is 0.333. The van der Waals surface area contributed by atoms with Crippen LogP contribution in [0.4, 0.5) is 5.69 Å². The number of aromatic carboxylic acids is 1. The van der Waals surface area contributed by atoms with E-state index in [2.05, 4.69) is 5.32 Å². The number of nitro groups is 1. The number of carbonyl (C=O) groups excluding carboxylic acids is 1. The summed E-state index contributed by atoms with van der Waals surface area (Å²) in [6, 6.07) is 3.79. The van der Waals surface area contributed by atoms with Crippen LogP contribution in [0.2, 0.25) is 0 Å². The average Bonchev–Trinajstić information content (AvgIpc) is 2.42. The molecule has 0 heterocycles. The molecule has 0 saturated heterocycles. The van der Waals surface area contributed by atoms with Crippen molar-refractivity contribution in [3.05, 3.63) is 33.9 Å². The maximum atomic E-state index is 11.1. The van der Waals surface area contributed by atoms with E-state index in [-0.39, 0.29) is 24.7 Å². The zero-order chi connectivity index (χ0) is 15.1. The summed E-state index contributed by atoms with van der Waals surface area (Å²) in [5.41, 5.74) is -1.02. The van der Waals surface area contributed by atoms with E-state index in [4.69, 9.17) is 9.84 Å². The third-order valence-electron chi connectivity index (χ3n) is 2.50. The van der Waals surface area contributed by atoms with Gasteiger partial charge in [0.15, 0.2) is 5.56 Å². The second-order valence-corrected chi connectivity index (χ2v) is 3.84. The molecule has 0 aromatic heterocycles. The summed E-state index contributed by atoms with van der Waals surface area (Å²) in [5, 5.41) is 22.2. The Morgan fingerprint density at radius 2 is 2.15 bits per heavy atom. The molecule has 8 heteroatoms. The van der Waals surface area contributed by atoms with Crippen molar-refractivity contribution in [2.24, 2.45) is 0 Å². The lowest BCUT2D eigenvalue weighted by molar-refractivity contribution is -0.385. The van der Waals surface area contributed by atoms with Gasteiger partial charge in [0.1, 0.15) is 5.75 Å². The minimum atomic E-state index is -1.43. The lowest BCUT2D eigenvalue weighted by Gasteiger charge is -2.09. The van der Waals surface area contributed by atoms with Gasteiger partial charge in [-0.15, -0.1) is 0 Å². The Labute approximate surface area is 114 Å². The molecule has 0 aliphatic carbocycles. The molecule has 1 aromatic carbocycles. The number of carboxylic acids is 1. The highest BCUT2D eigenvalue weighted by Gasteiger charge is 2.24. The maximum Gasteiger partial charge on any atom is 0.346 e. The number of amides is 1. The summed E-state index contributed by atoms with van der Waals surface area (Å²) < 4.78 is 5.22. The first-order chi connectivity index (χ1) is 9.47. The maximum absolute atomic E-state index is 11.1. The van der Waals surface area contributed by atoms with Crippen LogP contribution in [-0.4, -0.2) is 35.6 Å². The lowest BCUT2D eigenvalue weighted by Crippen LogP contribution is -2.18. The van der Waals surface area contributed by atoms with Crippen LogP contribution < -0.4 is 10.1 Å². The van der Waals surface area contributed by atoms with E-state index in [0.29, 0.717) is 6.42 Å². The molecule has 0 unspecified atom stereocenters. The number of nitro benzene ring substituents is 1. The average molecular weight is 282 g/mol. The molecule has 1 rings (SSSR count). The summed E-state index contributed by atoms with van der Waals surface area (Å²) in [6.45, 7) is 0.0921. The minimum absolute atomic E-state index is 0.0800. The molecule has 0 atom stereocenters. The first-order valence-electron chi connectivity index (χ1n) is 5.81. The molecule has 0 aliphatic rings. The highest BCUT2D eigenvalue weighted by molar-refractivity contribution is 5.95. The van der Waals surface area contributed by atoms with Crippen LogP contribution in [0.15, 0.2) is 18.2 Å². The largest absolute Gasteiger partial charge is 0.492 e. The van der Waals surface area contributed by atoms with E-state index < -0.39 is 22.1 Å². The quantitative estimate of drug-likeness (QED) is 0.440. The summed E-state index contributed by atoms with van der Waals surface area (Å²) in [5.74, 6) is -1.67. The number of benzene rings is 1. The van der Waals surface area contributed by atoms with Crippen molar-refractivity contribution in [1.29, 1.82) is 0 Å². The number of nitrogens with zero attached hydrogens (tertiary/aromatic N) is 1. The summed E-state index contributed by atoms with van der Waals surface area (Å²) >= 11 is 0. The third kappa shape index (κ3) is 3.94. The SMILES string of the molecule is CNC(=O)CCCOc1cccc([N+](=O)[O-])c1C(=O)O. The van der Waals surface area contributed by atoms with Crippen LogP contribution in [0.1, 0.15) is 23.2 Å². The Hall–Kier alpha value is -2.64. The van der Waals surface area contributed by atoms with Crippen molar-refractivity contribution in [2.45, 2.75) is 12.8 Å². The molecule has 0 bridgehead atoms. The summed E-state index contributed by atoms with van der Waals surface area (Å²) in [6.07, 6.45) is 0.606. The molecule has 0 fully saturated rings. The number of hydrogen-bond donors (Lipinski definition) is 2. The van der Waals surface area contributed by atoms with Gasteiger partial charge in [-0.25, -0.2) is 4.79 Å². The molecule has 2 N–H and O–H groups in total. The number of rotatable bonds is 7. The van der Waals surface area contributed by atoms with Crippen molar-refractivity contribution >= 4 is 17.6 Å². The van der Waals surface area contributed by atoms with Crippen LogP contribution in [0.25, 0.3) is 0 Å². The topological polar surface area (TPSA) is 119 Å². The molecular weight excluding hydrogens is 268 g/mol. The van der Waals surface area contributed by atoms with Crippen LogP contribution >= 0.6 is 0 Å². The number of ether oxygens (including phenoxy) is 1. The molecule has 0 radical (unpaired) electrons. The Morgan fingerprint density at radius 1 is 1.45 bits per heavy atom. The van der Waals surface area contributed by atoms with Gasteiger partial charge in [0.25, 0.3) is 5.69 Å². The van der Waals surface area contributed by atoms with Crippen molar-refractivity contribution in [3.8, 4) is 5.75 Å². The van der Waals surface area contributed by atoms with Crippen molar-refractivity contribution in [1.82, 2.24) is 5.32 Å².